The summed E-state index contributed by atoms with van der Waals surface area (Å²) in [5.41, 5.74) is -0.106. The Kier molecular flexibility index (Phi) is 4.53. The first-order chi connectivity index (χ1) is 15.2. The van der Waals surface area contributed by atoms with Crippen LogP contribution in [-0.2, 0) is 4.79 Å². The Labute approximate surface area is 186 Å². The van der Waals surface area contributed by atoms with E-state index in [1.165, 1.54) is 18.2 Å². The predicted molar refractivity (Wildman–Crippen MR) is 114 cm³/mol. The van der Waals surface area contributed by atoms with Gasteiger partial charge >= 0.3 is 0 Å². The van der Waals surface area contributed by atoms with Gasteiger partial charge in [-0.25, -0.2) is 4.39 Å². The first kappa shape index (κ1) is 20.5. The van der Waals surface area contributed by atoms with Crippen molar-refractivity contribution in [3.05, 3.63) is 74.9 Å². The van der Waals surface area contributed by atoms with E-state index < -0.39 is 22.8 Å². The van der Waals surface area contributed by atoms with Crippen molar-refractivity contribution >= 4 is 34.4 Å². The van der Waals surface area contributed by atoms with Gasteiger partial charge in [0.15, 0.2) is 17.8 Å². The number of aryl methyl sites for hydroxylation is 1. The molecular weight excluding hydrogens is 439 g/mol. The van der Waals surface area contributed by atoms with Crippen molar-refractivity contribution in [2.75, 3.05) is 6.61 Å². The zero-order chi connectivity index (χ0) is 22.7. The van der Waals surface area contributed by atoms with Crippen molar-refractivity contribution < 1.29 is 23.1 Å². The summed E-state index contributed by atoms with van der Waals surface area (Å²) in [5, 5.41) is 6.10. The molecule has 1 heterocycles. The van der Waals surface area contributed by atoms with E-state index in [1.807, 2.05) is 6.92 Å². The van der Waals surface area contributed by atoms with Gasteiger partial charge in [-0.05, 0) is 44.0 Å². The molecule has 0 unspecified atom stereocenters. The van der Waals surface area contributed by atoms with Crippen LogP contribution < -0.4 is 20.8 Å². The fraction of sp³-hybridized carbons (Fsp3) is 0.261. The van der Waals surface area contributed by atoms with E-state index in [0.29, 0.717) is 23.8 Å². The van der Waals surface area contributed by atoms with E-state index in [9.17, 15) is 18.8 Å². The highest BCUT2D eigenvalue weighted by atomic mass is 35.5. The highest BCUT2D eigenvalue weighted by molar-refractivity contribution is 6.30. The number of rotatable bonds is 6. The molecule has 5 rings (SSSR count). The molecule has 1 aromatic heterocycles. The first-order valence-corrected chi connectivity index (χ1v) is 10.3. The minimum absolute atomic E-state index is 0.0328. The van der Waals surface area contributed by atoms with Crippen molar-refractivity contribution in [1.29, 1.82) is 0 Å². The number of amides is 2. The van der Waals surface area contributed by atoms with Crippen molar-refractivity contribution in [3.8, 4) is 5.75 Å². The zero-order valence-corrected chi connectivity index (χ0v) is 17.7. The van der Waals surface area contributed by atoms with Gasteiger partial charge in [0.05, 0.1) is 21.5 Å². The Morgan fingerprint density at radius 1 is 1.12 bits per heavy atom. The number of hydrogen-bond donors (Lipinski definition) is 2. The van der Waals surface area contributed by atoms with Crippen LogP contribution in [0.25, 0.3) is 11.0 Å². The summed E-state index contributed by atoms with van der Waals surface area (Å²) in [4.78, 5) is 37.2. The van der Waals surface area contributed by atoms with Gasteiger partial charge in [-0.1, -0.05) is 23.2 Å². The number of fused-ring (bicyclic) bond motifs is 2. The van der Waals surface area contributed by atoms with Crippen molar-refractivity contribution in [1.82, 2.24) is 10.6 Å². The molecule has 9 heteroatoms. The summed E-state index contributed by atoms with van der Waals surface area (Å²) < 4.78 is 24.4. The molecule has 2 fully saturated rings. The second-order valence-corrected chi connectivity index (χ2v) is 8.77. The van der Waals surface area contributed by atoms with Gasteiger partial charge in [-0.2, -0.15) is 0 Å². The third kappa shape index (κ3) is 3.50. The smallest absolute Gasteiger partial charge is 0.287 e. The van der Waals surface area contributed by atoms with Crippen LogP contribution in [0, 0.1) is 12.7 Å². The summed E-state index contributed by atoms with van der Waals surface area (Å²) in [7, 11) is 0. The lowest BCUT2D eigenvalue weighted by Crippen LogP contribution is -2.37. The maximum Gasteiger partial charge on any atom is 0.287 e. The summed E-state index contributed by atoms with van der Waals surface area (Å²) in [6.45, 7) is 1.57. The second-order valence-electron chi connectivity index (χ2n) is 8.36. The lowest BCUT2D eigenvalue weighted by molar-refractivity contribution is -0.123. The van der Waals surface area contributed by atoms with Crippen LogP contribution in [-0.4, -0.2) is 29.5 Å². The number of hydrogen-bond acceptors (Lipinski definition) is 5. The highest BCUT2D eigenvalue weighted by Gasteiger charge is 2.85. The molecule has 0 radical (unpaired) electrons. The summed E-state index contributed by atoms with van der Waals surface area (Å²) in [6.07, 6.45) is 1.15. The maximum atomic E-state index is 13.5. The van der Waals surface area contributed by atoms with Crippen LogP contribution in [0.15, 0.2) is 51.7 Å². The Balaban J connectivity index is 1.19. The van der Waals surface area contributed by atoms with E-state index in [-0.39, 0.29) is 34.5 Å². The van der Waals surface area contributed by atoms with Crippen LogP contribution in [0.1, 0.15) is 29.0 Å². The fourth-order valence-corrected chi connectivity index (χ4v) is 4.10. The number of carbonyl (C=O) groups is 2. The van der Waals surface area contributed by atoms with Gasteiger partial charge in [-0.15, -0.1) is 0 Å². The fourth-order valence-electron chi connectivity index (χ4n) is 3.99. The molecule has 2 aliphatic rings. The molecule has 0 spiro atoms. The molecule has 2 aliphatic carbocycles. The highest BCUT2D eigenvalue weighted by Crippen LogP contribution is 2.70. The molecule has 2 N–H and O–H groups in total. The molecule has 32 heavy (non-hydrogen) atoms. The molecule has 3 aromatic rings. The van der Waals surface area contributed by atoms with E-state index in [4.69, 9.17) is 20.8 Å². The molecule has 2 amide bonds. The summed E-state index contributed by atoms with van der Waals surface area (Å²) in [5.74, 6) is -1.42. The minimum atomic E-state index is -0.634. The number of nitrogens with one attached hydrogen (secondary N) is 2. The van der Waals surface area contributed by atoms with Crippen molar-refractivity contribution in [2.24, 2.45) is 0 Å². The Morgan fingerprint density at radius 2 is 1.88 bits per heavy atom. The quantitative estimate of drug-likeness (QED) is 0.594. The molecule has 0 bridgehead atoms. The Morgan fingerprint density at radius 3 is 2.62 bits per heavy atom. The average molecular weight is 457 g/mol. The van der Waals surface area contributed by atoms with Gasteiger partial charge in [0.25, 0.3) is 11.8 Å². The van der Waals surface area contributed by atoms with E-state index in [2.05, 4.69) is 10.6 Å². The zero-order valence-electron chi connectivity index (χ0n) is 17.0. The molecule has 0 atom stereocenters. The third-order valence-electron chi connectivity index (χ3n) is 5.97. The number of benzene rings is 2. The summed E-state index contributed by atoms with van der Waals surface area (Å²) >= 11 is 5.62. The number of halogens is 2. The molecule has 0 aliphatic heterocycles. The van der Waals surface area contributed by atoms with Crippen LogP contribution in [0.4, 0.5) is 4.39 Å². The van der Waals surface area contributed by atoms with E-state index in [1.54, 1.807) is 18.2 Å². The van der Waals surface area contributed by atoms with Gasteiger partial charge in [0, 0.05) is 12.1 Å². The Hall–Kier alpha value is -3.39. The molecule has 2 aromatic carbocycles. The predicted octanol–water partition coefficient (Wildman–Crippen LogP) is 3.10. The SMILES string of the molecule is Cc1ccc2oc(C(=O)NC34CC3(NC(=O)COc3ccc(Cl)c(F)c3)C4)cc(=O)c2c1. The van der Waals surface area contributed by atoms with Gasteiger partial charge < -0.3 is 19.8 Å². The van der Waals surface area contributed by atoms with Crippen LogP contribution in [0.5, 0.6) is 5.75 Å². The lowest BCUT2D eigenvalue weighted by atomic mass is 10.1. The van der Waals surface area contributed by atoms with Crippen LogP contribution >= 0.6 is 11.6 Å². The molecule has 7 nitrogen and oxygen atoms in total. The van der Waals surface area contributed by atoms with Crippen LogP contribution in [0.3, 0.4) is 0 Å². The monoisotopic (exact) mass is 456 g/mol. The Bertz CT molecular complexity index is 1350. The second kappa shape index (κ2) is 7.06. The largest absolute Gasteiger partial charge is 0.484 e. The minimum Gasteiger partial charge on any atom is -0.484 e. The topological polar surface area (TPSA) is 97.6 Å². The van der Waals surface area contributed by atoms with Gasteiger partial charge in [0.1, 0.15) is 17.1 Å². The summed E-state index contributed by atoms with van der Waals surface area (Å²) in [6, 6.07) is 10.3. The third-order valence-corrected chi connectivity index (χ3v) is 6.28. The van der Waals surface area contributed by atoms with E-state index in [0.717, 1.165) is 11.6 Å². The molecule has 2 saturated carbocycles. The lowest BCUT2D eigenvalue weighted by Gasteiger charge is -2.09. The van der Waals surface area contributed by atoms with E-state index >= 15 is 0 Å². The van der Waals surface area contributed by atoms with Gasteiger partial charge in [-0.3, -0.25) is 14.4 Å². The van der Waals surface area contributed by atoms with Crippen LogP contribution in [0.2, 0.25) is 5.02 Å². The van der Waals surface area contributed by atoms with Crippen molar-refractivity contribution in [3.63, 3.8) is 0 Å². The maximum absolute atomic E-state index is 13.5. The van der Waals surface area contributed by atoms with Gasteiger partial charge in [0.2, 0.25) is 0 Å². The standard InChI is InChI=1S/C23H18ClFN2O5/c1-12-2-5-18-14(6-12)17(28)8-19(32-18)21(30)27-23-10-22(23,11-23)26-20(29)9-31-13-3-4-15(24)16(25)7-13/h2-8H,9-11H2,1H3,(H,26,29)(H,27,30). The number of carbonyl (C=O) groups excluding carboxylic acids is 2. The molecular formula is C23H18ClFN2O5. The molecule has 164 valence electrons. The average Bonchev–Trinajstić information content (AvgIpc) is 3.54. The first-order valence-electron chi connectivity index (χ1n) is 9.96. The number of ether oxygens (including phenoxy) is 1. The van der Waals surface area contributed by atoms with Crippen molar-refractivity contribution in [2.45, 2.75) is 30.8 Å². The normalized spacial score (nSPS) is 22.7. The molecule has 0 saturated heterocycles.